The van der Waals surface area contributed by atoms with Crippen LogP contribution in [0.25, 0.3) is 0 Å². The summed E-state index contributed by atoms with van der Waals surface area (Å²) in [6.45, 7) is 4.52. The molecule has 6 heteroatoms. The van der Waals surface area contributed by atoms with Crippen LogP contribution in [0.2, 0.25) is 0 Å². The summed E-state index contributed by atoms with van der Waals surface area (Å²) in [7, 11) is 0. The molecule has 2 amide bonds. The van der Waals surface area contributed by atoms with E-state index in [1.54, 1.807) is 6.07 Å². The number of rotatable bonds is 9. The molecule has 0 heterocycles. The Hall–Kier alpha value is -2.73. The van der Waals surface area contributed by atoms with Gasteiger partial charge in [-0.1, -0.05) is 43.3 Å². The third-order valence-electron chi connectivity index (χ3n) is 4.31. The maximum absolute atomic E-state index is 13.7. The lowest BCUT2D eigenvalue weighted by Crippen LogP contribution is -2.87. The number of hydrogen-bond donors (Lipinski definition) is 3. The van der Waals surface area contributed by atoms with E-state index in [9.17, 15) is 14.0 Å². The molecule has 0 bridgehead atoms. The predicted molar refractivity (Wildman–Crippen MR) is 103 cm³/mol. The lowest BCUT2D eigenvalue weighted by Gasteiger charge is -2.17. The number of hydrogen-bond acceptors (Lipinski definition) is 2. The standard InChI is InChI=1S/C21H26FN3O2/c1-3-15-8-10-16(11-9-15)21(17-6-5-7-18(22)12-17)25-14-20(27)24-13-19(26)23-4-2/h5-12,21,25H,3-4,13-14H2,1-2H3,(H,23,26)(H,24,27)/p+1/t21-/m1/s1. The van der Waals surface area contributed by atoms with Gasteiger partial charge in [-0.2, -0.15) is 0 Å². The Morgan fingerprint density at radius 3 is 2.37 bits per heavy atom. The Bertz CT molecular complexity index is 762. The monoisotopic (exact) mass is 372 g/mol. The van der Waals surface area contributed by atoms with Gasteiger partial charge in [0.15, 0.2) is 6.54 Å². The largest absolute Gasteiger partial charge is 0.355 e. The van der Waals surface area contributed by atoms with E-state index in [4.69, 9.17) is 0 Å². The summed E-state index contributed by atoms with van der Waals surface area (Å²) >= 11 is 0. The summed E-state index contributed by atoms with van der Waals surface area (Å²) in [5, 5.41) is 7.08. The molecule has 4 N–H and O–H groups in total. The van der Waals surface area contributed by atoms with Crippen molar-refractivity contribution in [2.45, 2.75) is 26.3 Å². The lowest BCUT2D eigenvalue weighted by molar-refractivity contribution is -0.676. The van der Waals surface area contributed by atoms with Gasteiger partial charge in [-0.25, -0.2) is 4.39 Å². The minimum absolute atomic E-state index is 0.0453. The number of nitrogens with two attached hydrogens (primary N) is 1. The first kappa shape index (κ1) is 20.6. The van der Waals surface area contributed by atoms with Gasteiger partial charge in [-0.05, 0) is 31.0 Å². The zero-order chi connectivity index (χ0) is 19.6. The summed E-state index contributed by atoms with van der Waals surface area (Å²) in [4.78, 5) is 23.5. The number of amides is 2. The van der Waals surface area contributed by atoms with E-state index in [-0.39, 0.29) is 36.8 Å². The molecule has 5 nitrogen and oxygen atoms in total. The highest BCUT2D eigenvalue weighted by atomic mass is 19.1. The zero-order valence-corrected chi connectivity index (χ0v) is 15.8. The van der Waals surface area contributed by atoms with E-state index in [0.717, 1.165) is 17.5 Å². The van der Waals surface area contributed by atoms with Gasteiger partial charge < -0.3 is 16.0 Å². The molecule has 2 aromatic rings. The van der Waals surface area contributed by atoms with E-state index < -0.39 is 0 Å². The number of nitrogens with one attached hydrogen (secondary N) is 2. The predicted octanol–water partition coefficient (Wildman–Crippen LogP) is 1.29. The van der Waals surface area contributed by atoms with Gasteiger partial charge in [0.1, 0.15) is 11.9 Å². The molecule has 0 radical (unpaired) electrons. The van der Waals surface area contributed by atoms with Gasteiger partial charge in [0.2, 0.25) is 5.91 Å². The minimum atomic E-state index is -0.309. The molecule has 0 spiro atoms. The van der Waals surface area contributed by atoms with Crippen LogP contribution in [-0.4, -0.2) is 31.4 Å². The second-order valence-corrected chi connectivity index (χ2v) is 6.30. The van der Waals surface area contributed by atoms with Crippen molar-refractivity contribution in [3.05, 3.63) is 71.0 Å². The van der Waals surface area contributed by atoms with Crippen LogP contribution in [0.5, 0.6) is 0 Å². The van der Waals surface area contributed by atoms with Gasteiger partial charge in [0, 0.05) is 17.7 Å². The molecule has 0 fully saturated rings. The van der Waals surface area contributed by atoms with Crippen molar-refractivity contribution >= 4 is 11.8 Å². The molecule has 0 aromatic heterocycles. The second kappa shape index (κ2) is 10.4. The Morgan fingerprint density at radius 1 is 1.00 bits per heavy atom. The maximum Gasteiger partial charge on any atom is 0.275 e. The van der Waals surface area contributed by atoms with Crippen LogP contribution in [-0.2, 0) is 16.0 Å². The zero-order valence-electron chi connectivity index (χ0n) is 15.8. The molecule has 2 rings (SSSR count). The highest BCUT2D eigenvalue weighted by molar-refractivity contribution is 5.84. The molecule has 0 saturated carbocycles. The van der Waals surface area contributed by atoms with Crippen LogP contribution >= 0.6 is 0 Å². The summed E-state index contributed by atoms with van der Waals surface area (Å²) in [6, 6.07) is 14.3. The fraction of sp³-hybridized carbons (Fsp3) is 0.333. The van der Waals surface area contributed by atoms with Crippen LogP contribution in [0.1, 0.15) is 36.6 Å². The molecule has 27 heavy (non-hydrogen) atoms. The van der Waals surface area contributed by atoms with Crippen molar-refractivity contribution in [1.82, 2.24) is 10.6 Å². The summed E-state index contributed by atoms with van der Waals surface area (Å²) < 4.78 is 13.7. The van der Waals surface area contributed by atoms with Crippen LogP contribution in [0.15, 0.2) is 48.5 Å². The highest BCUT2D eigenvalue weighted by Gasteiger charge is 2.20. The normalized spacial score (nSPS) is 11.7. The van der Waals surface area contributed by atoms with E-state index in [0.29, 0.717) is 6.54 Å². The number of carbonyl (C=O) groups is 2. The number of halogens is 1. The van der Waals surface area contributed by atoms with Crippen molar-refractivity contribution in [1.29, 1.82) is 0 Å². The fourth-order valence-electron chi connectivity index (χ4n) is 2.86. The smallest absolute Gasteiger partial charge is 0.275 e. The third-order valence-corrected chi connectivity index (χ3v) is 4.31. The molecule has 0 unspecified atom stereocenters. The molecular formula is C21H27FN3O2+. The summed E-state index contributed by atoms with van der Waals surface area (Å²) in [6.07, 6.45) is 0.941. The Labute approximate surface area is 159 Å². The molecule has 0 aliphatic heterocycles. The molecule has 1 atom stereocenters. The first-order valence-corrected chi connectivity index (χ1v) is 9.24. The minimum Gasteiger partial charge on any atom is -0.355 e. The molecule has 0 aliphatic rings. The number of carbonyl (C=O) groups excluding carboxylic acids is 2. The van der Waals surface area contributed by atoms with E-state index >= 15 is 0 Å². The number of likely N-dealkylation sites (N-methyl/N-ethyl adjacent to an activating group) is 1. The van der Waals surface area contributed by atoms with Crippen molar-refractivity contribution in [3.8, 4) is 0 Å². The first-order valence-electron chi connectivity index (χ1n) is 9.24. The van der Waals surface area contributed by atoms with Gasteiger partial charge in [-0.3, -0.25) is 9.59 Å². The Kier molecular flexibility index (Phi) is 7.95. The second-order valence-electron chi connectivity index (χ2n) is 6.30. The van der Waals surface area contributed by atoms with Crippen LogP contribution in [0.3, 0.4) is 0 Å². The van der Waals surface area contributed by atoms with Crippen molar-refractivity contribution in [3.63, 3.8) is 0 Å². The first-order chi connectivity index (χ1) is 13.0. The van der Waals surface area contributed by atoms with Crippen LogP contribution < -0.4 is 16.0 Å². The SMILES string of the molecule is CCNC(=O)CNC(=O)C[NH2+][C@H](c1ccc(CC)cc1)c1cccc(F)c1. The summed E-state index contributed by atoms with van der Waals surface area (Å²) in [5.74, 6) is -0.771. The van der Waals surface area contributed by atoms with Crippen molar-refractivity contribution < 1.29 is 19.3 Å². The van der Waals surface area contributed by atoms with E-state index in [2.05, 4.69) is 17.6 Å². The maximum atomic E-state index is 13.7. The molecule has 0 saturated heterocycles. The van der Waals surface area contributed by atoms with Gasteiger partial charge in [0.25, 0.3) is 5.91 Å². The van der Waals surface area contributed by atoms with Crippen LogP contribution in [0, 0.1) is 5.82 Å². The Balaban J connectivity index is 2.08. The summed E-state index contributed by atoms with van der Waals surface area (Å²) in [5.41, 5.74) is 3.00. The lowest BCUT2D eigenvalue weighted by atomic mass is 9.97. The molecular weight excluding hydrogens is 345 g/mol. The number of benzene rings is 2. The highest BCUT2D eigenvalue weighted by Crippen LogP contribution is 2.20. The average Bonchev–Trinajstić information content (AvgIpc) is 2.67. The molecule has 2 aromatic carbocycles. The Morgan fingerprint density at radius 2 is 1.74 bits per heavy atom. The molecule has 144 valence electrons. The topological polar surface area (TPSA) is 74.8 Å². The van der Waals surface area contributed by atoms with E-state index in [1.165, 1.54) is 17.7 Å². The van der Waals surface area contributed by atoms with Gasteiger partial charge in [-0.15, -0.1) is 0 Å². The fourth-order valence-corrected chi connectivity index (χ4v) is 2.86. The quantitative estimate of drug-likeness (QED) is 0.621. The van der Waals surface area contributed by atoms with Gasteiger partial charge >= 0.3 is 0 Å². The third kappa shape index (κ3) is 6.49. The molecule has 0 aliphatic carbocycles. The van der Waals surface area contributed by atoms with Crippen molar-refractivity contribution in [2.24, 2.45) is 0 Å². The average molecular weight is 372 g/mol. The van der Waals surface area contributed by atoms with E-state index in [1.807, 2.05) is 42.6 Å². The number of aryl methyl sites for hydroxylation is 1. The van der Waals surface area contributed by atoms with Crippen molar-refractivity contribution in [2.75, 3.05) is 19.6 Å². The number of quaternary nitrogens is 1. The van der Waals surface area contributed by atoms with Gasteiger partial charge in [0.05, 0.1) is 6.54 Å². The van der Waals surface area contributed by atoms with Crippen LogP contribution in [0.4, 0.5) is 4.39 Å².